The Balaban J connectivity index is 0.00000361. The molecule has 110 valence electrons. The van der Waals surface area contributed by atoms with E-state index >= 15 is 0 Å². The largest absolute Gasteiger partial charge is 0.394 e. The van der Waals surface area contributed by atoms with Crippen LogP contribution in [0, 0.1) is 11.3 Å². The van der Waals surface area contributed by atoms with Crippen LogP contribution in [-0.4, -0.2) is 18.9 Å². The van der Waals surface area contributed by atoms with E-state index in [4.69, 9.17) is 15.8 Å². The zero-order valence-electron chi connectivity index (χ0n) is 11.2. The van der Waals surface area contributed by atoms with Gasteiger partial charge in [0.2, 0.25) is 0 Å². The second-order valence-corrected chi connectivity index (χ2v) is 4.95. The molecule has 0 fully saturated rings. The molecule has 0 radical (unpaired) electrons. The lowest BCUT2D eigenvalue weighted by Crippen LogP contribution is -2.08. The van der Waals surface area contributed by atoms with Crippen molar-refractivity contribution in [3.05, 3.63) is 34.3 Å². The van der Waals surface area contributed by atoms with Crippen molar-refractivity contribution in [2.75, 3.05) is 13.2 Å². The van der Waals surface area contributed by atoms with E-state index in [2.05, 4.69) is 27.2 Å². The Morgan fingerprint density at radius 2 is 2.00 bits per heavy atom. The summed E-state index contributed by atoms with van der Waals surface area (Å²) in [5.41, 5.74) is 7.32. The number of halogens is 2. The minimum atomic E-state index is 0. The van der Waals surface area contributed by atoms with Crippen molar-refractivity contribution in [3.8, 4) is 6.07 Å². The van der Waals surface area contributed by atoms with Gasteiger partial charge < -0.3 is 10.6 Å². The van der Waals surface area contributed by atoms with Gasteiger partial charge >= 0.3 is 0 Å². The average molecular weight is 361 g/mol. The third kappa shape index (κ3) is 7.49. The summed E-state index contributed by atoms with van der Waals surface area (Å²) < 4.78 is 1.03. The van der Waals surface area contributed by atoms with Gasteiger partial charge in [-0.15, -0.1) is 12.4 Å². The van der Waals surface area contributed by atoms with Crippen molar-refractivity contribution >= 4 is 34.0 Å². The maximum atomic E-state index is 8.53. The van der Waals surface area contributed by atoms with Gasteiger partial charge in [-0.05, 0) is 37.0 Å². The molecule has 2 N–H and O–H groups in total. The van der Waals surface area contributed by atoms with Crippen LogP contribution in [0.3, 0.4) is 0 Å². The first-order chi connectivity index (χ1) is 9.27. The van der Waals surface area contributed by atoms with E-state index in [9.17, 15) is 0 Å². The Morgan fingerprint density at radius 3 is 2.60 bits per heavy atom. The molecule has 0 aliphatic rings. The van der Waals surface area contributed by atoms with E-state index in [0.717, 1.165) is 35.0 Å². The number of unbranched alkanes of at least 4 members (excludes halogenated alkanes) is 2. The van der Waals surface area contributed by atoms with Gasteiger partial charge in [-0.1, -0.05) is 33.2 Å². The molecule has 0 aliphatic heterocycles. The van der Waals surface area contributed by atoms with Crippen LogP contribution < -0.4 is 5.73 Å². The summed E-state index contributed by atoms with van der Waals surface area (Å²) in [7, 11) is 0. The number of nitriles is 1. The van der Waals surface area contributed by atoms with Crippen LogP contribution in [0.25, 0.3) is 0 Å². The van der Waals surface area contributed by atoms with Crippen molar-refractivity contribution < 1.29 is 4.84 Å². The van der Waals surface area contributed by atoms with Crippen molar-refractivity contribution in [1.82, 2.24) is 0 Å². The first kappa shape index (κ1) is 18.9. The smallest absolute Gasteiger partial charge is 0.129 e. The highest BCUT2D eigenvalue weighted by Gasteiger charge is 2.05. The SMILES string of the molecule is Cl.N#CCCCCC(=NOCCN)c1ccc(Br)cc1. The minimum absolute atomic E-state index is 0. The summed E-state index contributed by atoms with van der Waals surface area (Å²) >= 11 is 3.41. The summed E-state index contributed by atoms with van der Waals surface area (Å²) in [6.07, 6.45) is 3.18. The van der Waals surface area contributed by atoms with Gasteiger partial charge in [-0.2, -0.15) is 5.26 Å². The normalized spacial score (nSPS) is 10.6. The zero-order valence-corrected chi connectivity index (χ0v) is 13.6. The third-order valence-corrected chi connectivity index (χ3v) is 3.04. The standard InChI is InChI=1S/C14H18BrN3O.ClH/c15-13-7-5-12(6-8-13)14(18-19-11-10-17)4-2-1-3-9-16;/h5-8H,1-4,10-11,17H2;1H. The maximum Gasteiger partial charge on any atom is 0.129 e. The average Bonchev–Trinajstić information content (AvgIpc) is 2.43. The number of rotatable bonds is 8. The third-order valence-electron chi connectivity index (χ3n) is 2.51. The predicted octanol–water partition coefficient (Wildman–Crippen LogP) is 3.63. The van der Waals surface area contributed by atoms with Gasteiger partial charge in [0.05, 0.1) is 11.8 Å². The van der Waals surface area contributed by atoms with E-state index in [1.165, 1.54) is 0 Å². The van der Waals surface area contributed by atoms with Crippen LogP contribution in [0.2, 0.25) is 0 Å². The number of nitrogens with zero attached hydrogens (tertiary/aromatic N) is 2. The van der Waals surface area contributed by atoms with Crippen LogP contribution >= 0.6 is 28.3 Å². The van der Waals surface area contributed by atoms with E-state index in [0.29, 0.717) is 19.6 Å². The molecular weight excluding hydrogens is 342 g/mol. The molecule has 0 heterocycles. The molecule has 0 aromatic heterocycles. The summed E-state index contributed by atoms with van der Waals surface area (Å²) in [5, 5.41) is 12.7. The predicted molar refractivity (Wildman–Crippen MR) is 87.0 cm³/mol. The number of oxime groups is 1. The molecule has 0 saturated heterocycles. The van der Waals surface area contributed by atoms with Crippen molar-refractivity contribution in [1.29, 1.82) is 5.26 Å². The molecule has 1 rings (SSSR count). The highest BCUT2D eigenvalue weighted by Crippen LogP contribution is 2.14. The molecule has 20 heavy (non-hydrogen) atoms. The molecule has 0 bridgehead atoms. The summed E-state index contributed by atoms with van der Waals surface area (Å²) in [6.45, 7) is 0.865. The van der Waals surface area contributed by atoms with Crippen LogP contribution in [0.4, 0.5) is 0 Å². The second-order valence-electron chi connectivity index (χ2n) is 4.03. The Labute approximate surface area is 134 Å². The van der Waals surface area contributed by atoms with E-state index < -0.39 is 0 Å². The monoisotopic (exact) mass is 359 g/mol. The highest BCUT2D eigenvalue weighted by molar-refractivity contribution is 9.10. The van der Waals surface area contributed by atoms with Crippen LogP contribution in [-0.2, 0) is 4.84 Å². The van der Waals surface area contributed by atoms with E-state index in [1.54, 1.807) is 0 Å². The fraction of sp³-hybridized carbons (Fsp3) is 0.429. The Kier molecular flexibility index (Phi) is 11.1. The molecule has 0 saturated carbocycles. The molecule has 0 aliphatic carbocycles. The molecule has 4 nitrogen and oxygen atoms in total. The van der Waals surface area contributed by atoms with Gasteiger partial charge in [0, 0.05) is 17.4 Å². The fourth-order valence-electron chi connectivity index (χ4n) is 1.56. The zero-order chi connectivity index (χ0) is 13.9. The van der Waals surface area contributed by atoms with Crippen LogP contribution in [0.15, 0.2) is 33.9 Å². The quantitative estimate of drug-likeness (QED) is 0.437. The molecular formula is C14H19BrClN3O. The lowest BCUT2D eigenvalue weighted by Gasteiger charge is -2.06. The Bertz CT molecular complexity index is 443. The fourth-order valence-corrected chi connectivity index (χ4v) is 1.82. The van der Waals surface area contributed by atoms with E-state index in [1.807, 2.05) is 24.3 Å². The van der Waals surface area contributed by atoms with Crippen LogP contribution in [0.1, 0.15) is 31.2 Å². The summed E-state index contributed by atoms with van der Waals surface area (Å²) in [5.74, 6) is 0. The van der Waals surface area contributed by atoms with E-state index in [-0.39, 0.29) is 12.4 Å². The summed E-state index contributed by atoms with van der Waals surface area (Å²) in [4.78, 5) is 5.17. The first-order valence-corrected chi connectivity index (χ1v) is 7.09. The Morgan fingerprint density at radius 1 is 1.30 bits per heavy atom. The van der Waals surface area contributed by atoms with Crippen LogP contribution in [0.5, 0.6) is 0 Å². The number of benzene rings is 1. The molecule has 1 aromatic carbocycles. The van der Waals surface area contributed by atoms with Gasteiger partial charge in [-0.3, -0.25) is 0 Å². The summed E-state index contributed by atoms with van der Waals surface area (Å²) in [6, 6.07) is 10.1. The molecule has 0 atom stereocenters. The molecule has 0 unspecified atom stereocenters. The number of hydrogen-bond acceptors (Lipinski definition) is 4. The van der Waals surface area contributed by atoms with Crippen molar-refractivity contribution in [3.63, 3.8) is 0 Å². The molecule has 0 spiro atoms. The lowest BCUT2D eigenvalue weighted by atomic mass is 10.0. The number of nitrogens with two attached hydrogens (primary N) is 1. The van der Waals surface area contributed by atoms with Gasteiger partial charge in [0.1, 0.15) is 6.61 Å². The van der Waals surface area contributed by atoms with Gasteiger partial charge in [0.25, 0.3) is 0 Å². The second kappa shape index (κ2) is 11.7. The topological polar surface area (TPSA) is 71.4 Å². The minimum Gasteiger partial charge on any atom is -0.394 e. The van der Waals surface area contributed by atoms with Gasteiger partial charge in [-0.25, -0.2) is 0 Å². The number of hydrogen-bond donors (Lipinski definition) is 1. The lowest BCUT2D eigenvalue weighted by molar-refractivity contribution is 0.152. The van der Waals surface area contributed by atoms with Crippen molar-refractivity contribution in [2.45, 2.75) is 25.7 Å². The maximum absolute atomic E-state index is 8.53. The molecule has 1 aromatic rings. The highest BCUT2D eigenvalue weighted by atomic mass is 79.9. The Hall–Kier alpha value is -1.09. The first-order valence-electron chi connectivity index (χ1n) is 6.29. The molecule has 6 heteroatoms. The van der Waals surface area contributed by atoms with Crippen molar-refractivity contribution in [2.24, 2.45) is 10.9 Å². The molecule has 0 amide bonds. The van der Waals surface area contributed by atoms with Gasteiger partial charge in [0.15, 0.2) is 0 Å².